The largest absolute Gasteiger partial charge is 0.415 e. The number of fused-ring (bicyclic) bond motifs is 1. The van der Waals surface area contributed by atoms with E-state index in [2.05, 4.69) is 56.3 Å². The first-order valence-electron chi connectivity index (χ1n) is 9.97. The van der Waals surface area contributed by atoms with Gasteiger partial charge in [0, 0.05) is 0 Å². The summed E-state index contributed by atoms with van der Waals surface area (Å²) in [5.74, 6) is 0.768. The van der Waals surface area contributed by atoms with Crippen LogP contribution in [0.25, 0.3) is 5.69 Å². The summed E-state index contributed by atoms with van der Waals surface area (Å²) < 4.78 is 9.25. The Kier molecular flexibility index (Phi) is 5.52. The van der Waals surface area contributed by atoms with Crippen LogP contribution in [0.2, 0.25) is 0 Å². The van der Waals surface area contributed by atoms with Crippen LogP contribution < -0.4 is 4.74 Å². The molecule has 3 nitrogen and oxygen atoms in total. The van der Waals surface area contributed by atoms with Gasteiger partial charge in [-0.2, -0.15) is 0 Å². The summed E-state index contributed by atoms with van der Waals surface area (Å²) in [6.45, 7) is 4.15. The predicted molar refractivity (Wildman–Crippen MR) is 134 cm³/mol. The van der Waals surface area contributed by atoms with Crippen molar-refractivity contribution in [3.63, 3.8) is 0 Å². The number of rotatable bonds is 3. The van der Waals surface area contributed by atoms with Gasteiger partial charge in [0.2, 0.25) is 5.88 Å². The van der Waals surface area contributed by atoms with Crippen molar-refractivity contribution in [1.29, 1.82) is 0 Å². The SMILES string of the molecule is Cc1ccccc1N=C1Oc2c(sc(=S)n2-c2ccccc2C)C(c2ccccc2)S1. The molecular weight excluding hydrogens is 440 g/mol. The van der Waals surface area contributed by atoms with Crippen molar-refractivity contribution in [3.8, 4) is 11.6 Å². The second kappa shape index (κ2) is 8.46. The molecule has 0 aliphatic carbocycles. The van der Waals surface area contributed by atoms with Crippen LogP contribution in [0.1, 0.15) is 26.8 Å². The summed E-state index contributed by atoms with van der Waals surface area (Å²) >= 11 is 9.05. The minimum atomic E-state index is 0.0738. The van der Waals surface area contributed by atoms with Crippen molar-refractivity contribution < 1.29 is 4.74 Å². The molecule has 0 saturated heterocycles. The lowest BCUT2D eigenvalue weighted by Gasteiger charge is -2.24. The molecule has 0 spiro atoms. The summed E-state index contributed by atoms with van der Waals surface area (Å²) in [6.07, 6.45) is 0. The Morgan fingerprint density at radius 2 is 1.55 bits per heavy atom. The minimum absolute atomic E-state index is 0.0738. The molecule has 0 amide bonds. The summed E-state index contributed by atoms with van der Waals surface area (Å²) in [7, 11) is 0. The fourth-order valence-corrected chi connectivity index (χ4v) is 6.25. The molecule has 1 atom stereocenters. The first-order chi connectivity index (χ1) is 15.1. The molecule has 1 unspecified atom stereocenters. The number of thioether (sulfide) groups is 1. The molecule has 1 aliphatic heterocycles. The smallest absolute Gasteiger partial charge is 0.258 e. The Balaban J connectivity index is 1.70. The third-order valence-electron chi connectivity index (χ3n) is 5.22. The Morgan fingerprint density at radius 1 is 0.871 bits per heavy atom. The highest BCUT2D eigenvalue weighted by Gasteiger charge is 2.33. The molecule has 1 aromatic heterocycles. The number of thiazole rings is 1. The zero-order chi connectivity index (χ0) is 21.4. The second-order valence-corrected chi connectivity index (χ2v) is 10.1. The van der Waals surface area contributed by atoms with Crippen molar-refractivity contribution in [3.05, 3.63) is 104 Å². The van der Waals surface area contributed by atoms with Crippen LogP contribution >= 0.6 is 35.3 Å². The molecule has 0 radical (unpaired) electrons. The first-order valence-corrected chi connectivity index (χ1v) is 12.1. The van der Waals surface area contributed by atoms with Crippen LogP contribution in [0.3, 0.4) is 0 Å². The van der Waals surface area contributed by atoms with E-state index in [9.17, 15) is 0 Å². The molecule has 6 heteroatoms. The normalized spacial score (nSPS) is 16.7. The predicted octanol–water partition coefficient (Wildman–Crippen LogP) is 7.79. The number of aryl methyl sites for hydroxylation is 2. The summed E-state index contributed by atoms with van der Waals surface area (Å²) in [5.41, 5.74) is 5.43. The number of aliphatic imine (C=N–C) groups is 1. The summed E-state index contributed by atoms with van der Waals surface area (Å²) in [4.78, 5) is 5.99. The quantitative estimate of drug-likeness (QED) is 0.292. The maximum Gasteiger partial charge on any atom is 0.258 e. The van der Waals surface area contributed by atoms with E-state index in [0.717, 1.165) is 37.2 Å². The van der Waals surface area contributed by atoms with E-state index in [4.69, 9.17) is 21.9 Å². The van der Waals surface area contributed by atoms with Gasteiger partial charge >= 0.3 is 0 Å². The lowest BCUT2D eigenvalue weighted by Crippen LogP contribution is -2.17. The molecule has 0 N–H and O–H groups in total. The van der Waals surface area contributed by atoms with Crippen molar-refractivity contribution in [2.24, 2.45) is 4.99 Å². The Labute approximate surface area is 195 Å². The summed E-state index contributed by atoms with van der Waals surface area (Å²) in [6, 6.07) is 26.8. The Hall–Kier alpha value is -2.67. The molecule has 0 fully saturated rings. The van der Waals surface area contributed by atoms with Crippen LogP contribution in [-0.2, 0) is 0 Å². The van der Waals surface area contributed by atoms with Gasteiger partial charge in [-0.1, -0.05) is 78.5 Å². The van der Waals surface area contributed by atoms with Crippen LogP contribution in [0.4, 0.5) is 5.69 Å². The van der Waals surface area contributed by atoms with Gasteiger partial charge in [-0.25, -0.2) is 4.99 Å². The molecule has 31 heavy (non-hydrogen) atoms. The molecule has 2 heterocycles. The fraction of sp³-hybridized carbons (Fsp3) is 0.120. The lowest BCUT2D eigenvalue weighted by atomic mass is 10.1. The van der Waals surface area contributed by atoms with E-state index in [0.29, 0.717) is 5.23 Å². The maximum atomic E-state index is 6.42. The van der Waals surface area contributed by atoms with Crippen LogP contribution in [-0.4, -0.2) is 9.80 Å². The molecule has 4 aromatic rings. The highest BCUT2D eigenvalue weighted by molar-refractivity contribution is 8.14. The number of benzene rings is 3. The van der Waals surface area contributed by atoms with Gasteiger partial charge < -0.3 is 4.74 Å². The van der Waals surface area contributed by atoms with E-state index < -0.39 is 0 Å². The number of nitrogens with zero attached hydrogens (tertiary/aromatic N) is 2. The van der Waals surface area contributed by atoms with E-state index in [-0.39, 0.29) is 5.25 Å². The fourth-order valence-electron chi connectivity index (χ4n) is 3.60. The van der Waals surface area contributed by atoms with E-state index in [1.165, 1.54) is 5.56 Å². The van der Waals surface area contributed by atoms with Gasteiger partial charge in [-0.05, 0) is 54.9 Å². The maximum absolute atomic E-state index is 6.42. The molecule has 5 rings (SSSR count). The third kappa shape index (κ3) is 3.87. The average Bonchev–Trinajstić information content (AvgIpc) is 3.11. The van der Waals surface area contributed by atoms with Crippen molar-refractivity contribution in [2.45, 2.75) is 19.1 Å². The monoisotopic (exact) mass is 460 g/mol. The number of hydrogen-bond donors (Lipinski definition) is 0. The van der Waals surface area contributed by atoms with Crippen LogP contribution in [0.5, 0.6) is 5.88 Å². The lowest BCUT2D eigenvalue weighted by molar-refractivity contribution is 0.516. The van der Waals surface area contributed by atoms with Crippen molar-refractivity contribution in [2.75, 3.05) is 0 Å². The second-order valence-electron chi connectivity index (χ2n) is 7.33. The first kappa shape index (κ1) is 20.2. The average molecular weight is 461 g/mol. The van der Waals surface area contributed by atoms with Gasteiger partial charge in [0.25, 0.3) is 5.23 Å². The number of ether oxygens (including phenoxy) is 1. The van der Waals surface area contributed by atoms with E-state index >= 15 is 0 Å². The van der Waals surface area contributed by atoms with E-state index in [1.54, 1.807) is 23.1 Å². The highest BCUT2D eigenvalue weighted by Crippen LogP contribution is 2.50. The Morgan fingerprint density at radius 3 is 2.29 bits per heavy atom. The minimum Gasteiger partial charge on any atom is -0.415 e. The van der Waals surface area contributed by atoms with Gasteiger partial charge in [-0.3, -0.25) is 4.57 Å². The van der Waals surface area contributed by atoms with Crippen LogP contribution in [0, 0.1) is 17.8 Å². The Bertz CT molecular complexity index is 1340. The molecule has 0 saturated carbocycles. The highest BCUT2D eigenvalue weighted by atomic mass is 32.2. The topological polar surface area (TPSA) is 26.5 Å². The standard InChI is InChI=1S/C25H20N2OS3/c1-16-10-6-8-14-19(16)26-24-28-23-22(21(30-24)18-12-4-3-5-13-18)31-25(29)27(23)20-15-9-7-11-17(20)2/h3-15,21H,1-2H3. The number of para-hydroxylation sites is 2. The zero-order valence-corrected chi connectivity index (χ0v) is 19.6. The molecule has 3 aromatic carbocycles. The third-order valence-corrected chi connectivity index (χ3v) is 7.91. The summed E-state index contributed by atoms with van der Waals surface area (Å²) in [5, 5.41) is 0.704. The van der Waals surface area contributed by atoms with E-state index in [1.807, 2.05) is 41.0 Å². The molecule has 154 valence electrons. The molecular formula is C25H20N2OS3. The van der Waals surface area contributed by atoms with Crippen LogP contribution in [0.15, 0.2) is 83.9 Å². The van der Waals surface area contributed by atoms with Crippen molar-refractivity contribution in [1.82, 2.24) is 4.57 Å². The number of aromatic nitrogens is 1. The van der Waals surface area contributed by atoms with Gasteiger partial charge in [0.15, 0.2) is 3.95 Å². The van der Waals surface area contributed by atoms with Gasteiger partial charge in [-0.15, -0.1) is 11.3 Å². The van der Waals surface area contributed by atoms with Gasteiger partial charge in [0.05, 0.1) is 21.5 Å². The van der Waals surface area contributed by atoms with Crippen molar-refractivity contribution >= 4 is 46.2 Å². The molecule has 0 bridgehead atoms. The van der Waals surface area contributed by atoms with Gasteiger partial charge in [0.1, 0.15) is 0 Å². The zero-order valence-electron chi connectivity index (χ0n) is 17.1. The molecule has 1 aliphatic rings. The number of hydrogen-bond acceptors (Lipinski definition) is 5.